The minimum absolute atomic E-state index is 0.854. The van der Waals surface area contributed by atoms with Crippen molar-refractivity contribution in [1.82, 2.24) is 4.90 Å². The van der Waals surface area contributed by atoms with Crippen LogP contribution in [0, 0.1) is 0 Å². The van der Waals surface area contributed by atoms with Crippen molar-refractivity contribution in [3.63, 3.8) is 0 Å². The Hall–Kier alpha value is 1.01. The minimum atomic E-state index is 0.854. The second kappa shape index (κ2) is 11.1. The smallest absolute Gasteiger partial charge is 0.0449 e. The summed E-state index contributed by atoms with van der Waals surface area (Å²) in [5, 5.41) is 0. The molecular formula is C9H21NS3. The van der Waals surface area contributed by atoms with Gasteiger partial charge in [-0.2, -0.15) is 25.3 Å². The summed E-state index contributed by atoms with van der Waals surface area (Å²) in [5.74, 6) is 4.28. The van der Waals surface area contributed by atoms with Crippen LogP contribution in [0.1, 0.15) is 25.7 Å². The quantitative estimate of drug-likeness (QED) is 0.362. The van der Waals surface area contributed by atoms with Crippen LogP contribution in [-0.4, -0.2) is 35.2 Å². The van der Waals surface area contributed by atoms with Crippen molar-refractivity contribution in [3.8, 4) is 0 Å². The Labute approximate surface area is 97.9 Å². The molecule has 0 aliphatic rings. The van der Waals surface area contributed by atoms with Crippen molar-refractivity contribution < 1.29 is 0 Å². The van der Waals surface area contributed by atoms with Gasteiger partial charge in [0.15, 0.2) is 0 Å². The first-order chi connectivity index (χ1) is 6.31. The van der Waals surface area contributed by atoms with E-state index in [1.165, 1.54) is 31.4 Å². The van der Waals surface area contributed by atoms with E-state index in [-0.39, 0.29) is 0 Å². The van der Waals surface area contributed by atoms with Gasteiger partial charge < -0.3 is 0 Å². The van der Waals surface area contributed by atoms with Gasteiger partial charge in [-0.1, -0.05) is 12.8 Å². The Bertz CT molecular complexity index is 101. The maximum Gasteiger partial charge on any atom is 0.0449 e. The second-order valence-electron chi connectivity index (χ2n) is 3.17. The maximum atomic E-state index is 4.19. The standard InChI is InChI=1S/C9H21NS3/c1-10(8-12)9-13-7-5-3-2-4-6-11/h11-12H,2-9H2,1H3. The molecule has 0 fully saturated rings. The van der Waals surface area contributed by atoms with Crippen LogP contribution in [-0.2, 0) is 0 Å². The lowest BCUT2D eigenvalue weighted by Crippen LogP contribution is -2.15. The minimum Gasteiger partial charge on any atom is -0.288 e. The summed E-state index contributed by atoms with van der Waals surface area (Å²) in [4.78, 5) is 2.21. The molecule has 0 saturated heterocycles. The van der Waals surface area contributed by atoms with Crippen LogP contribution in [0.3, 0.4) is 0 Å². The Kier molecular flexibility index (Phi) is 11.9. The fraction of sp³-hybridized carbons (Fsp3) is 1.00. The van der Waals surface area contributed by atoms with Crippen molar-refractivity contribution in [2.45, 2.75) is 25.7 Å². The molecule has 0 aromatic carbocycles. The fourth-order valence-corrected chi connectivity index (χ4v) is 2.33. The van der Waals surface area contributed by atoms with Gasteiger partial charge in [0, 0.05) is 11.8 Å². The van der Waals surface area contributed by atoms with E-state index in [1.54, 1.807) is 0 Å². The van der Waals surface area contributed by atoms with E-state index < -0.39 is 0 Å². The predicted molar refractivity (Wildman–Crippen MR) is 71.3 cm³/mol. The third-order valence-corrected chi connectivity index (χ3v) is 3.75. The molecule has 0 atom stereocenters. The van der Waals surface area contributed by atoms with Crippen molar-refractivity contribution >= 4 is 37.0 Å². The van der Waals surface area contributed by atoms with E-state index in [9.17, 15) is 0 Å². The van der Waals surface area contributed by atoms with Crippen LogP contribution in [0.5, 0.6) is 0 Å². The van der Waals surface area contributed by atoms with Gasteiger partial charge >= 0.3 is 0 Å². The third-order valence-electron chi connectivity index (χ3n) is 1.75. The highest BCUT2D eigenvalue weighted by molar-refractivity contribution is 7.99. The zero-order valence-corrected chi connectivity index (χ0v) is 11.0. The van der Waals surface area contributed by atoms with Gasteiger partial charge in [-0.3, -0.25) is 4.90 Å². The zero-order chi connectivity index (χ0) is 9.94. The number of nitrogens with zero attached hydrogens (tertiary/aromatic N) is 1. The SMILES string of the molecule is CN(CS)CSCCCCCCS. The van der Waals surface area contributed by atoms with Gasteiger partial charge in [0.2, 0.25) is 0 Å². The van der Waals surface area contributed by atoms with Crippen LogP contribution in [0.25, 0.3) is 0 Å². The molecule has 0 aromatic rings. The summed E-state index contributed by atoms with van der Waals surface area (Å²) in [6.07, 6.45) is 5.31. The first kappa shape index (κ1) is 14.0. The van der Waals surface area contributed by atoms with E-state index >= 15 is 0 Å². The fourth-order valence-electron chi connectivity index (χ4n) is 0.931. The number of hydrogen-bond acceptors (Lipinski definition) is 4. The van der Waals surface area contributed by atoms with Gasteiger partial charge in [-0.15, -0.1) is 11.8 Å². The van der Waals surface area contributed by atoms with Crippen LogP contribution in [0.4, 0.5) is 0 Å². The Morgan fingerprint density at radius 1 is 1.08 bits per heavy atom. The second-order valence-corrected chi connectivity index (χ2v) is 4.98. The highest BCUT2D eigenvalue weighted by atomic mass is 32.2. The van der Waals surface area contributed by atoms with E-state index in [1.807, 2.05) is 11.8 Å². The lowest BCUT2D eigenvalue weighted by Gasteiger charge is -2.11. The van der Waals surface area contributed by atoms with Crippen molar-refractivity contribution in [3.05, 3.63) is 0 Å². The molecule has 0 saturated carbocycles. The molecule has 0 bridgehead atoms. The molecule has 0 aliphatic heterocycles. The molecule has 0 N–H and O–H groups in total. The van der Waals surface area contributed by atoms with Crippen molar-refractivity contribution in [2.75, 3.05) is 30.3 Å². The summed E-state index contributed by atoms with van der Waals surface area (Å²) in [6.45, 7) is 0. The van der Waals surface area contributed by atoms with Crippen LogP contribution in [0.15, 0.2) is 0 Å². The third kappa shape index (κ3) is 10.9. The average Bonchev–Trinajstić information content (AvgIpc) is 2.16. The summed E-state index contributed by atoms with van der Waals surface area (Å²) >= 11 is 10.4. The average molecular weight is 239 g/mol. The number of rotatable bonds is 9. The highest BCUT2D eigenvalue weighted by Crippen LogP contribution is 2.09. The first-order valence-corrected chi connectivity index (χ1v) is 7.21. The maximum absolute atomic E-state index is 4.19. The molecule has 0 amide bonds. The number of thioether (sulfide) groups is 1. The molecule has 0 radical (unpaired) electrons. The molecule has 13 heavy (non-hydrogen) atoms. The molecule has 0 unspecified atom stereocenters. The molecule has 4 heteroatoms. The van der Waals surface area contributed by atoms with Gasteiger partial charge in [0.1, 0.15) is 0 Å². The summed E-state index contributed by atoms with van der Waals surface area (Å²) in [5.41, 5.74) is 0. The van der Waals surface area contributed by atoms with E-state index in [0.29, 0.717) is 0 Å². The highest BCUT2D eigenvalue weighted by Gasteiger charge is 1.94. The predicted octanol–water partition coefficient (Wildman–Crippen LogP) is 2.99. The largest absolute Gasteiger partial charge is 0.288 e. The van der Waals surface area contributed by atoms with Crippen LogP contribution < -0.4 is 0 Å². The molecule has 80 valence electrons. The number of hydrogen-bond donors (Lipinski definition) is 2. The van der Waals surface area contributed by atoms with Crippen molar-refractivity contribution in [1.29, 1.82) is 0 Å². The Morgan fingerprint density at radius 3 is 2.38 bits per heavy atom. The van der Waals surface area contributed by atoms with Crippen LogP contribution >= 0.6 is 37.0 Å². The summed E-state index contributed by atoms with van der Waals surface area (Å²) in [7, 11) is 2.10. The van der Waals surface area contributed by atoms with Gasteiger partial charge in [-0.05, 0) is 31.4 Å². The molecule has 0 rings (SSSR count). The summed E-state index contributed by atoms with van der Waals surface area (Å²) in [6, 6.07) is 0. The monoisotopic (exact) mass is 239 g/mol. The summed E-state index contributed by atoms with van der Waals surface area (Å²) < 4.78 is 0. The van der Waals surface area contributed by atoms with Crippen molar-refractivity contribution in [2.24, 2.45) is 0 Å². The lowest BCUT2D eigenvalue weighted by molar-refractivity contribution is 0.467. The number of unbranched alkanes of at least 4 members (excludes halogenated alkanes) is 3. The van der Waals surface area contributed by atoms with E-state index in [0.717, 1.165) is 17.5 Å². The molecular weight excluding hydrogens is 218 g/mol. The molecule has 0 heterocycles. The molecule has 0 spiro atoms. The first-order valence-electron chi connectivity index (χ1n) is 4.79. The van der Waals surface area contributed by atoms with Gasteiger partial charge in [-0.25, -0.2) is 0 Å². The molecule has 0 aliphatic carbocycles. The number of thiol groups is 2. The van der Waals surface area contributed by atoms with Gasteiger partial charge in [0.25, 0.3) is 0 Å². The zero-order valence-electron chi connectivity index (χ0n) is 8.41. The van der Waals surface area contributed by atoms with Crippen LogP contribution in [0.2, 0.25) is 0 Å². The lowest BCUT2D eigenvalue weighted by atomic mass is 10.2. The van der Waals surface area contributed by atoms with E-state index in [4.69, 9.17) is 0 Å². The topological polar surface area (TPSA) is 3.24 Å². The Morgan fingerprint density at radius 2 is 1.77 bits per heavy atom. The Balaban J connectivity index is 2.91. The normalized spacial score (nSPS) is 11.1. The van der Waals surface area contributed by atoms with E-state index in [2.05, 4.69) is 37.2 Å². The molecule has 1 nitrogen and oxygen atoms in total. The molecule has 0 aromatic heterocycles. The van der Waals surface area contributed by atoms with Gasteiger partial charge in [0.05, 0.1) is 0 Å².